The van der Waals surface area contributed by atoms with Crippen LogP contribution >= 0.6 is 23.5 Å². The molecule has 0 saturated carbocycles. The molecule has 1 aromatic carbocycles. The van der Waals surface area contributed by atoms with Gasteiger partial charge >= 0.3 is 0 Å². The number of hydrogen-bond donors (Lipinski definition) is 1. The highest BCUT2D eigenvalue weighted by molar-refractivity contribution is 8.19. The van der Waals surface area contributed by atoms with E-state index in [1.807, 2.05) is 23.5 Å². The van der Waals surface area contributed by atoms with E-state index in [0.29, 0.717) is 11.2 Å². The van der Waals surface area contributed by atoms with Gasteiger partial charge in [-0.15, -0.1) is 23.5 Å². The van der Waals surface area contributed by atoms with Crippen molar-refractivity contribution in [1.29, 1.82) is 0 Å². The average molecular weight is 198 g/mol. The van der Waals surface area contributed by atoms with Crippen LogP contribution in [0.1, 0.15) is 6.42 Å². The second kappa shape index (κ2) is 3.73. The predicted molar refractivity (Wildman–Crippen MR) is 53.6 cm³/mol. The molecule has 0 spiro atoms. The van der Waals surface area contributed by atoms with Gasteiger partial charge in [-0.1, -0.05) is 12.1 Å². The van der Waals surface area contributed by atoms with Crippen molar-refractivity contribution in [3.05, 3.63) is 24.3 Å². The summed E-state index contributed by atoms with van der Waals surface area (Å²) >= 11 is 3.73. The van der Waals surface area contributed by atoms with Gasteiger partial charge in [0.1, 0.15) is 0 Å². The molecule has 0 saturated heterocycles. The van der Waals surface area contributed by atoms with Crippen molar-refractivity contribution in [2.75, 3.05) is 6.61 Å². The van der Waals surface area contributed by atoms with Gasteiger partial charge in [0.2, 0.25) is 0 Å². The number of rotatable bonds is 2. The third-order valence-electron chi connectivity index (χ3n) is 1.73. The first-order valence-corrected chi connectivity index (χ1v) is 5.69. The number of benzene rings is 1. The van der Waals surface area contributed by atoms with E-state index in [9.17, 15) is 0 Å². The summed E-state index contributed by atoms with van der Waals surface area (Å²) in [6.07, 6.45) is 0.879. The fourth-order valence-corrected chi connectivity index (χ4v) is 3.97. The van der Waals surface area contributed by atoms with Crippen molar-refractivity contribution in [1.82, 2.24) is 0 Å². The van der Waals surface area contributed by atoms with Crippen LogP contribution in [-0.2, 0) is 0 Å². The minimum Gasteiger partial charge on any atom is -0.396 e. The van der Waals surface area contributed by atoms with E-state index in [2.05, 4.69) is 24.3 Å². The molecule has 3 heteroatoms. The lowest BCUT2D eigenvalue weighted by Gasteiger charge is -2.02. The van der Waals surface area contributed by atoms with Crippen molar-refractivity contribution in [2.24, 2.45) is 0 Å². The summed E-state index contributed by atoms with van der Waals surface area (Å²) < 4.78 is 0.521. The van der Waals surface area contributed by atoms with Crippen molar-refractivity contribution in [2.45, 2.75) is 20.8 Å². The van der Waals surface area contributed by atoms with Crippen LogP contribution in [0.25, 0.3) is 0 Å². The Hall–Kier alpha value is -0.120. The van der Waals surface area contributed by atoms with Crippen molar-refractivity contribution in [3.63, 3.8) is 0 Å². The Morgan fingerprint density at radius 1 is 1.17 bits per heavy atom. The smallest absolute Gasteiger partial charge is 0.0619 e. The lowest BCUT2D eigenvalue weighted by molar-refractivity contribution is 0.294. The van der Waals surface area contributed by atoms with Gasteiger partial charge in [-0.05, 0) is 18.6 Å². The molecule has 0 amide bonds. The highest BCUT2D eigenvalue weighted by Crippen LogP contribution is 2.48. The molecule has 0 atom stereocenters. The maximum absolute atomic E-state index is 8.78. The van der Waals surface area contributed by atoms with Crippen LogP contribution < -0.4 is 0 Å². The SMILES string of the molecule is OCCC1Sc2ccccc2S1. The molecular formula is C9H10OS2. The first kappa shape index (κ1) is 8.48. The van der Waals surface area contributed by atoms with Gasteiger partial charge in [-0.25, -0.2) is 0 Å². The van der Waals surface area contributed by atoms with Crippen molar-refractivity contribution >= 4 is 23.5 Å². The first-order chi connectivity index (χ1) is 5.90. The quantitative estimate of drug-likeness (QED) is 0.788. The van der Waals surface area contributed by atoms with Crippen LogP contribution in [0.3, 0.4) is 0 Å². The van der Waals surface area contributed by atoms with Crippen LogP contribution in [0.15, 0.2) is 34.1 Å². The zero-order valence-electron chi connectivity index (χ0n) is 6.56. The molecule has 0 bridgehead atoms. The second-order valence-corrected chi connectivity index (χ2v) is 5.41. The second-order valence-electron chi connectivity index (χ2n) is 2.62. The summed E-state index contributed by atoms with van der Waals surface area (Å²) in [5, 5.41) is 8.78. The monoisotopic (exact) mass is 198 g/mol. The Morgan fingerprint density at radius 3 is 2.25 bits per heavy atom. The van der Waals surface area contributed by atoms with E-state index in [1.54, 1.807) is 0 Å². The molecule has 0 aliphatic carbocycles. The number of hydrogen-bond acceptors (Lipinski definition) is 3. The normalized spacial score (nSPS) is 16.4. The number of fused-ring (bicyclic) bond motifs is 1. The molecule has 0 radical (unpaired) electrons. The molecule has 1 heterocycles. The molecule has 1 N–H and O–H groups in total. The Balaban J connectivity index is 2.11. The lowest BCUT2D eigenvalue weighted by atomic mass is 10.4. The zero-order valence-corrected chi connectivity index (χ0v) is 8.20. The molecule has 0 fully saturated rings. The Labute approximate surface area is 80.6 Å². The summed E-state index contributed by atoms with van der Waals surface area (Å²) in [6, 6.07) is 8.41. The molecule has 1 aliphatic heterocycles. The summed E-state index contributed by atoms with van der Waals surface area (Å²) in [6.45, 7) is 0.290. The van der Waals surface area contributed by atoms with Crippen LogP contribution in [0.4, 0.5) is 0 Å². The third kappa shape index (κ3) is 1.63. The first-order valence-electron chi connectivity index (χ1n) is 3.93. The van der Waals surface area contributed by atoms with Gasteiger partial charge in [0.15, 0.2) is 0 Å². The van der Waals surface area contributed by atoms with Crippen LogP contribution in [0.5, 0.6) is 0 Å². The minimum absolute atomic E-state index is 0.290. The molecule has 0 aromatic heterocycles. The van der Waals surface area contributed by atoms with E-state index in [4.69, 9.17) is 5.11 Å². The molecule has 2 rings (SSSR count). The standard InChI is InChI=1S/C9H10OS2/c10-6-5-9-11-7-3-1-2-4-8(7)12-9/h1-4,9-10H,5-6H2. The van der Waals surface area contributed by atoms with Crippen LogP contribution in [-0.4, -0.2) is 16.3 Å². The summed E-state index contributed by atoms with van der Waals surface area (Å²) in [4.78, 5) is 2.72. The van der Waals surface area contributed by atoms with Gasteiger partial charge in [0.25, 0.3) is 0 Å². The minimum atomic E-state index is 0.290. The molecule has 1 aromatic rings. The number of aliphatic hydroxyl groups excluding tert-OH is 1. The van der Waals surface area contributed by atoms with E-state index in [0.717, 1.165) is 6.42 Å². The van der Waals surface area contributed by atoms with Gasteiger partial charge in [0.05, 0.1) is 4.58 Å². The Kier molecular flexibility index (Phi) is 2.63. The molecular weight excluding hydrogens is 188 g/mol. The Morgan fingerprint density at radius 2 is 1.75 bits per heavy atom. The van der Waals surface area contributed by atoms with E-state index < -0.39 is 0 Å². The maximum Gasteiger partial charge on any atom is 0.0619 e. The molecule has 1 nitrogen and oxygen atoms in total. The number of thioether (sulfide) groups is 2. The van der Waals surface area contributed by atoms with Gasteiger partial charge < -0.3 is 5.11 Å². The van der Waals surface area contributed by atoms with E-state index in [-0.39, 0.29) is 0 Å². The van der Waals surface area contributed by atoms with Crippen molar-refractivity contribution < 1.29 is 5.11 Å². The summed E-state index contributed by atoms with van der Waals surface area (Å²) in [7, 11) is 0. The van der Waals surface area contributed by atoms with E-state index in [1.165, 1.54) is 9.79 Å². The predicted octanol–water partition coefficient (Wildman–Crippen LogP) is 2.59. The highest BCUT2D eigenvalue weighted by atomic mass is 32.2. The van der Waals surface area contributed by atoms with Gasteiger partial charge in [0, 0.05) is 16.4 Å². The highest BCUT2D eigenvalue weighted by Gasteiger charge is 2.21. The molecule has 0 unspecified atom stereocenters. The topological polar surface area (TPSA) is 20.2 Å². The van der Waals surface area contributed by atoms with Crippen LogP contribution in [0, 0.1) is 0 Å². The van der Waals surface area contributed by atoms with E-state index >= 15 is 0 Å². The fraction of sp³-hybridized carbons (Fsp3) is 0.333. The third-order valence-corrected chi connectivity index (χ3v) is 4.65. The van der Waals surface area contributed by atoms with Gasteiger partial charge in [-0.2, -0.15) is 0 Å². The Bertz CT molecular complexity index is 250. The summed E-state index contributed by atoms with van der Waals surface area (Å²) in [5.74, 6) is 0. The average Bonchev–Trinajstić information content (AvgIpc) is 2.47. The molecule has 1 aliphatic rings. The van der Waals surface area contributed by atoms with Gasteiger partial charge in [-0.3, -0.25) is 0 Å². The number of aliphatic hydroxyl groups is 1. The molecule has 12 heavy (non-hydrogen) atoms. The van der Waals surface area contributed by atoms with Crippen LogP contribution in [0.2, 0.25) is 0 Å². The summed E-state index contributed by atoms with van der Waals surface area (Å²) in [5.41, 5.74) is 0. The largest absolute Gasteiger partial charge is 0.396 e. The zero-order chi connectivity index (χ0) is 8.39. The molecule has 64 valence electrons. The maximum atomic E-state index is 8.78. The van der Waals surface area contributed by atoms with Crippen molar-refractivity contribution in [3.8, 4) is 0 Å². The fourth-order valence-electron chi connectivity index (χ4n) is 1.18. The lowest BCUT2D eigenvalue weighted by Crippen LogP contribution is -1.94.